The van der Waals surface area contributed by atoms with Crippen LogP contribution < -0.4 is 5.32 Å². The first-order valence-corrected chi connectivity index (χ1v) is 4.82. The summed E-state index contributed by atoms with van der Waals surface area (Å²) < 4.78 is 0. The Morgan fingerprint density at radius 2 is 2.58 bits per heavy atom. The normalized spacial score (nSPS) is 38.6. The number of hydrogen-bond acceptors (Lipinski definition) is 2. The molecule has 1 aliphatic carbocycles. The van der Waals surface area contributed by atoms with Crippen LogP contribution in [0.3, 0.4) is 0 Å². The fraction of sp³-hybridized carbons (Fsp3) is 0.800. The zero-order chi connectivity index (χ0) is 8.60. The van der Waals surface area contributed by atoms with Crippen LogP contribution in [0.15, 0.2) is 12.8 Å². The zero-order valence-electron chi connectivity index (χ0n) is 7.84. The van der Waals surface area contributed by atoms with Gasteiger partial charge in [0.1, 0.15) is 0 Å². The lowest BCUT2D eigenvalue weighted by Gasteiger charge is -2.31. The minimum atomic E-state index is 0.438. The van der Waals surface area contributed by atoms with Crippen molar-refractivity contribution >= 4 is 0 Å². The monoisotopic (exact) mass is 166 g/mol. The van der Waals surface area contributed by atoms with Crippen molar-refractivity contribution in [2.45, 2.75) is 24.8 Å². The van der Waals surface area contributed by atoms with E-state index in [2.05, 4.69) is 23.8 Å². The Kier molecular flexibility index (Phi) is 1.87. The highest BCUT2D eigenvalue weighted by molar-refractivity contribution is 5.04. The van der Waals surface area contributed by atoms with Gasteiger partial charge in [0.15, 0.2) is 0 Å². The van der Waals surface area contributed by atoms with Gasteiger partial charge in [0.05, 0.1) is 0 Å². The summed E-state index contributed by atoms with van der Waals surface area (Å²) in [6.45, 7) is 6.15. The molecule has 2 rings (SSSR count). The molecule has 0 spiro atoms. The van der Waals surface area contributed by atoms with E-state index < -0.39 is 0 Å². The van der Waals surface area contributed by atoms with Gasteiger partial charge in [-0.1, -0.05) is 6.58 Å². The second-order valence-electron chi connectivity index (χ2n) is 4.37. The first-order chi connectivity index (χ1) is 5.74. The van der Waals surface area contributed by atoms with E-state index in [4.69, 9.17) is 0 Å². The summed E-state index contributed by atoms with van der Waals surface area (Å²) in [7, 11) is 2.11. The lowest BCUT2D eigenvalue weighted by molar-refractivity contribution is 0.273. The van der Waals surface area contributed by atoms with Crippen LogP contribution >= 0.6 is 0 Å². The van der Waals surface area contributed by atoms with E-state index in [1.807, 2.05) is 6.20 Å². The van der Waals surface area contributed by atoms with Crippen molar-refractivity contribution in [1.82, 2.24) is 10.2 Å². The number of likely N-dealkylation sites (N-methyl/N-ethyl adjacent to an activating group) is 1. The van der Waals surface area contributed by atoms with Gasteiger partial charge in [-0.3, -0.25) is 0 Å². The molecule has 1 N–H and O–H groups in total. The predicted molar refractivity (Wildman–Crippen MR) is 50.9 cm³/mol. The van der Waals surface area contributed by atoms with Crippen LogP contribution in [0.25, 0.3) is 0 Å². The van der Waals surface area contributed by atoms with E-state index in [1.54, 1.807) is 0 Å². The molecule has 12 heavy (non-hydrogen) atoms. The average Bonchev–Trinajstić information content (AvgIpc) is 2.63. The molecule has 0 radical (unpaired) electrons. The second kappa shape index (κ2) is 2.77. The van der Waals surface area contributed by atoms with Gasteiger partial charge in [-0.2, -0.15) is 0 Å². The van der Waals surface area contributed by atoms with E-state index in [0.29, 0.717) is 5.54 Å². The van der Waals surface area contributed by atoms with Crippen LogP contribution in [-0.4, -0.2) is 30.6 Å². The maximum atomic E-state index is 3.78. The van der Waals surface area contributed by atoms with Gasteiger partial charge in [-0.25, -0.2) is 0 Å². The number of nitrogens with one attached hydrogen (secondary N) is 1. The molecule has 2 bridgehead atoms. The van der Waals surface area contributed by atoms with Gasteiger partial charge in [0.25, 0.3) is 0 Å². The van der Waals surface area contributed by atoms with Crippen molar-refractivity contribution in [2.75, 3.05) is 20.1 Å². The molecule has 2 nitrogen and oxygen atoms in total. The fourth-order valence-corrected chi connectivity index (χ4v) is 2.67. The summed E-state index contributed by atoms with van der Waals surface area (Å²) >= 11 is 0. The summed E-state index contributed by atoms with van der Waals surface area (Å²) in [4.78, 5) is 2.20. The standard InChI is InChI=1S/C10H18N2/c1-3-12(2)8-10-5-4-9(6-10)7-11-10/h3,9,11H,1,4-8H2,2H3/t9-,10+/m1/s1. The molecule has 1 aliphatic heterocycles. The Balaban J connectivity index is 1.97. The lowest BCUT2D eigenvalue weighted by atomic mass is 9.99. The molecule has 1 saturated carbocycles. The molecule has 1 saturated heterocycles. The summed E-state index contributed by atoms with van der Waals surface area (Å²) in [5.41, 5.74) is 0.438. The van der Waals surface area contributed by atoms with Crippen molar-refractivity contribution in [3.8, 4) is 0 Å². The molecule has 0 aromatic rings. The molecule has 2 heteroatoms. The van der Waals surface area contributed by atoms with Crippen LogP contribution in [0, 0.1) is 5.92 Å². The zero-order valence-corrected chi connectivity index (χ0v) is 7.84. The summed E-state index contributed by atoms with van der Waals surface area (Å²) in [5, 5.41) is 3.65. The van der Waals surface area contributed by atoms with Gasteiger partial charge in [-0.05, 0) is 37.9 Å². The number of nitrogens with zero attached hydrogens (tertiary/aromatic N) is 1. The molecular weight excluding hydrogens is 148 g/mol. The molecule has 0 amide bonds. The minimum Gasteiger partial charge on any atom is -0.379 e. The van der Waals surface area contributed by atoms with Crippen LogP contribution in [0.2, 0.25) is 0 Å². The highest BCUT2D eigenvalue weighted by Crippen LogP contribution is 2.39. The maximum absolute atomic E-state index is 3.78. The highest BCUT2D eigenvalue weighted by Gasteiger charge is 2.44. The average molecular weight is 166 g/mol. The smallest absolute Gasteiger partial charge is 0.0360 e. The van der Waals surface area contributed by atoms with Crippen LogP contribution in [-0.2, 0) is 0 Å². The second-order valence-corrected chi connectivity index (χ2v) is 4.37. The van der Waals surface area contributed by atoms with Gasteiger partial charge >= 0.3 is 0 Å². The highest BCUT2D eigenvalue weighted by atomic mass is 15.2. The van der Waals surface area contributed by atoms with Gasteiger partial charge < -0.3 is 10.2 Å². The Bertz CT molecular complexity index is 180. The number of fused-ring (bicyclic) bond motifs is 2. The van der Waals surface area contributed by atoms with Crippen LogP contribution in [0.1, 0.15) is 19.3 Å². The summed E-state index contributed by atoms with van der Waals surface area (Å²) in [6.07, 6.45) is 6.08. The maximum Gasteiger partial charge on any atom is 0.0360 e. The molecular formula is C10H18N2. The van der Waals surface area contributed by atoms with Crippen molar-refractivity contribution in [3.63, 3.8) is 0 Å². The third kappa shape index (κ3) is 1.24. The predicted octanol–water partition coefficient (Wildman–Crippen LogP) is 1.20. The fourth-order valence-electron chi connectivity index (χ4n) is 2.67. The van der Waals surface area contributed by atoms with Crippen LogP contribution in [0.5, 0.6) is 0 Å². The van der Waals surface area contributed by atoms with E-state index in [1.165, 1.54) is 25.8 Å². The number of rotatable bonds is 3. The third-order valence-corrected chi connectivity index (χ3v) is 3.34. The molecule has 2 atom stereocenters. The Hall–Kier alpha value is -0.500. The van der Waals surface area contributed by atoms with Crippen molar-refractivity contribution in [1.29, 1.82) is 0 Å². The van der Waals surface area contributed by atoms with Gasteiger partial charge in [0, 0.05) is 19.1 Å². The first kappa shape index (κ1) is 8.11. The lowest BCUT2D eigenvalue weighted by Crippen LogP contribution is -2.47. The molecule has 2 fully saturated rings. The molecule has 0 aromatic heterocycles. The van der Waals surface area contributed by atoms with Gasteiger partial charge in [-0.15, -0.1) is 0 Å². The van der Waals surface area contributed by atoms with Crippen molar-refractivity contribution in [2.24, 2.45) is 5.92 Å². The SMILES string of the molecule is C=CN(C)C[C@@]12CC[C@@H](CN1)C2. The van der Waals surface area contributed by atoms with E-state index in [-0.39, 0.29) is 0 Å². The van der Waals surface area contributed by atoms with Crippen molar-refractivity contribution < 1.29 is 0 Å². The Morgan fingerprint density at radius 3 is 3.00 bits per heavy atom. The summed E-state index contributed by atoms with van der Waals surface area (Å²) in [5.74, 6) is 0.961. The Morgan fingerprint density at radius 1 is 1.75 bits per heavy atom. The minimum absolute atomic E-state index is 0.438. The molecule has 0 unspecified atom stereocenters. The topological polar surface area (TPSA) is 15.3 Å². The van der Waals surface area contributed by atoms with E-state index in [9.17, 15) is 0 Å². The van der Waals surface area contributed by atoms with Gasteiger partial charge in [0.2, 0.25) is 0 Å². The third-order valence-electron chi connectivity index (χ3n) is 3.34. The molecule has 68 valence electrons. The van der Waals surface area contributed by atoms with Crippen LogP contribution in [0.4, 0.5) is 0 Å². The largest absolute Gasteiger partial charge is 0.379 e. The van der Waals surface area contributed by atoms with Crippen molar-refractivity contribution in [3.05, 3.63) is 12.8 Å². The Labute approximate surface area is 74.6 Å². The first-order valence-electron chi connectivity index (χ1n) is 4.82. The quantitative estimate of drug-likeness (QED) is 0.678. The number of piperidine rings is 1. The number of hydrogen-bond donors (Lipinski definition) is 1. The summed E-state index contributed by atoms with van der Waals surface area (Å²) in [6, 6.07) is 0. The van der Waals surface area contributed by atoms with E-state index in [0.717, 1.165) is 12.5 Å². The van der Waals surface area contributed by atoms with E-state index >= 15 is 0 Å². The molecule has 2 aliphatic rings. The molecule has 1 heterocycles. The molecule has 0 aromatic carbocycles.